The van der Waals surface area contributed by atoms with E-state index in [1.54, 1.807) is 0 Å². The van der Waals surface area contributed by atoms with Gasteiger partial charge in [-0.1, -0.05) is 158 Å². The van der Waals surface area contributed by atoms with Crippen molar-refractivity contribution >= 4 is 56.1 Å². The molecule has 1 atom stereocenters. The molecule has 3 nitrogen and oxygen atoms in total. The molecule has 10 aromatic carbocycles. The molecule has 2 heterocycles. The molecule has 0 amide bonds. The summed E-state index contributed by atoms with van der Waals surface area (Å²) in [6, 6.07) is 88.4. The lowest BCUT2D eigenvalue weighted by Crippen LogP contribution is -2.35. The second-order valence-electron chi connectivity index (χ2n) is 16.8. The van der Waals surface area contributed by atoms with Crippen molar-refractivity contribution in [1.29, 1.82) is 0 Å². The van der Waals surface area contributed by atoms with Gasteiger partial charge in [-0.25, -0.2) is 0 Å². The molecule has 0 saturated heterocycles. The van der Waals surface area contributed by atoms with Crippen molar-refractivity contribution in [3.8, 4) is 33.4 Å². The van der Waals surface area contributed by atoms with Gasteiger partial charge in [-0.2, -0.15) is 0 Å². The van der Waals surface area contributed by atoms with E-state index >= 15 is 0 Å². The van der Waals surface area contributed by atoms with Crippen molar-refractivity contribution in [3.05, 3.63) is 265 Å². The molecule has 1 aromatic heterocycles. The van der Waals surface area contributed by atoms with Crippen molar-refractivity contribution in [1.82, 2.24) is 0 Å². The van der Waals surface area contributed by atoms with Gasteiger partial charge in [0.05, 0.1) is 16.8 Å². The van der Waals surface area contributed by atoms with Crippen LogP contribution >= 0.6 is 0 Å². The van der Waals surface area contributed by atoms with Crippen molar-refractivity contribution in [2.45, 2.75) is 5.41 Å². The van der Waals surface area contributed by atoms with Crippen molar-refractivity contribution in [2.24, 2.45) is 0 Å². The molecule has 1 aliphatic heterocycles. The highest BCUT2D eigenvalue weighted by Gasteiger charge is 2.53. The summed E-state index contributed by atoms with van der Waals surface area (Å²) in [5.41, 5.74) is 20.4. The minimum Gasteiger partial charge on any atom is -0.456 e. The maximum absolute atomic E-state index is 6.24. The summed E-state index contributed by atoms with van der Waals surface area (Å²) in [4.78, 5) is 4.80. The number of anilines is 6. The molecule has 1 unspecified atom stereocenters. The molecule has 3 heteroatoms. The number of rotatable bonds is 7. The van der Waals surface area contributed by atoms with Gasteiger partial charge in [0.2, 0.25) is 0 Å². The highest BCUT2D eigenvalue weighted by Crippen LogP contribution is 2.66. The number of hydrogen-bond donors (Lipinski definition) is 0. The molecule has 64 heavy (non-hydrogen) atoms. The predicted octanol–water partition coefficient (Wildman–Crippen LogP) is 16.5. The third kappa shape index (κ3) is 5.34. The van der Waals surface area contributed by atoms with Crippen LogP contribution in [0.15, 0.2) is 247 Å². The first-order chi connectivity index (χ1) is 31.8. The Bertz CT molecular complexity index is 3540. The van der Waals surface area contributed by atoms with Crippen LogP contribution in [-0.2, 0) is 5.41 Å². The summed E-state index contributed by atoms with van der Waals surface area (Å²) in [5, 5.41) is 2.22. The first kappa shape index (κ1) is 36.3. The molecule has 11 aromatic rings. The van der Waals surface area contributed by atoms with Crippen molar-refractivity contribution < 1.29 is 4.42 Å². The van der Waals surface area contributed by atoms with Crippen LogP contribution in [-0.4, -0.2) is 0 Å². The number of fused-ring (bicyclic) bond motifs is 8. The third-order valence-corrected chi connectivity index (χ3v) is 13.4. The highest BCUT2D eigenvalue weighted by atomic mass is 16.3. The van der Waals surface area contributed by atoms with Crippen molar-refractivity contribution in [2.75, 3.05) is 9.80 Å². The van der Waals surface area contributed by atoms with E-state index in [4.69, 9.17) is 4.42 Å². The molecular formula is C61H40N2O. The Hall–Kier alpha value is -8.40. The van der Waals surface area contributed by atoms with Crippen LogP contribution in [0.2, 0.25) is 0 Å². The summed E-state index contributed by atoms with van der Waals surface area (Å²) < 4.78 is 6.24. The van der Waals surface area contributed by atoms with Gasteiger partial charge >= 0.3 is 0 Å². The van der Waals surface area contributed by atoms with Crippen molar-refractivity contribution in [3.63, 3.8) is 0 Å². The minimum absolute atomic E-state index is 0.579. The molecule has 13 rings (SSSR count). The normalized spacial score (nSPS) is 14.6. The lowest BCUT2D eigenvalue weighted by Gasteiger charge is -2.44. The Morgan fingerprint density at radius 1 is 0.375 bits per heavy atom. The minimum atomic E-state index is -0.579. The quantitative estimate of drug-likeness (QED) is 0.160. The van der Waals surface area contributed by atoms with Gasteiger partial charge in [-0.05, 0) is 135 Å². The van der Waals surface area contributed by atoms with Crippen LogP contribution < -0.4 is 9.80 Å². The Morgan fingerprint density at radius 2 is 1.00 bits per heavy atom. The second-order valence-corrected chi connectivity index (χ2v) is 16.8. The average Bonchev–Trinajstić information content (AvgIpc) is 3.90. The van der Waals surface area contributed by atoms with E-state index < -0.39 is 5.41 Å². The van der Waals surface area contributed by atoms with Gasteiger partial charge in [0.25, 0.3) is 0 Å². The number of benzene rings is 10. The van der Waals surface area contributed by atoms with Gasteiger partial charge in [0.15, 0.2) is 0 Å². The van der Waals surface area contributed by atoms with Gasteiger partial charge in [0.1, 0.15) is 11.2 Å². The largest absolute Gasteiger partial charge is 0.456 e. The number of nitrogens with zero attached hydrogens (tertiary/aromatic N) is 2. The SMILES string of the molecule is c1ccc(-c2cc(-c3ccc(N(c4ccccc4)c4ccc5oc6ccccc6c5c4)cc3)cc3c2-c2cccc4c2C3(c2ccccc2)c2ccccc2N4c2ccccc2)cc1. The fourth-order valence-corrected chi connectivity index (χ4v) is 10.8. The Morgan fingerprint density at radius 3 is 1.80 bits per heavy atom. The van der Waals surface area contributed by atoms with E-state index in [-0.39, 0.29) is 0 Å². The van der Waals surface area contributed by atoms with E-state index in [1.165, 1.54) is 61.4 Å². The van der Waals surface area contributed by atoms with Gasteiger partial charge < -0.3 is 14.2 Å². The smallest absolute Gasteiger partial charge is 0.135 e. The van der Waals surface area contributed by atoms with Gasteiger partial charge in [0, 0.05) is 39.1 Å². The zero-order valence-corrected chi connectivity index (χ0v) is 34.9. The number of hydrogen-bond acceptors (Lipinski definition) is 3. The van der Waals surface area contributed by atoms with Crippen LogP contribution in [0.1, 0.15) is 22.3 Å². The molecule has 2 aliphatic rings. The first-order valence-corrected chi connectivity index (χ1v) is 22.0. The van der Waals surface area contributed by atoms with Gasteiger partial charge in [-0.15, -0.1) is 0 Å². The van der Waals surface area contributed by atoms with E-state index in [2.05, 4.69) is 240 Å². The summed E-state index contributed by atoms with van der Waals surface area (Å²) in [5.74, 6) is 0. The zero-order valence-electron chi connectivity index (χ0n) is 34.9. The summed E-state index contributed by atoms with van der Waals surface area (Å²) in [6.45, 7) is 0. The molecule has 1 aliphatic carbocycles. The van der Waals surface area contributed by atoms with Crippen LogP contribution in [0.4, 0.5) is 34.1 Å². The lowest BCUT2D eigenvalue weighted by atomic mass is 9.64. The van der Waals surface area contributed by atoms with Crippen LogP contribution in [0.3, 0.4) is 0 Å². The first-order valence-electron chi connectivity index (χ1n) is 22.0. The van der Waals surface area contributed by atoms with Crippen LogP contribution in [0.25, 0.3) is 55.3 Å². The summed E-state index contributed by atoms with van der Waals surface area (Å²) in [6.07, 6.45) is 0. The molecular weight excluding hydrogens is 777 g/mol. The molecule has 0 N–H and O–H groups in total. The van der Waals surface area contributed by atoms with E-state index in [0.717, 1.165) is 50.3 Å². The second kappa shape index (κ2) is 14.3. The molecule has 0 fully saturated rings. The molecule has 0 bridgehead atoms. The standard InChI is InChI=1S/C61H40N2O/c1-5-18-42(19-6-1)51-38-43(41-32-34-47(35-33-41)62(45-22-9-3-10-23-45)48-36-37-58-52(40-48)49-26-13-16-31-57(49)64-58)39-54-59(51)50-27-17-30-56-60(50)61(54,44-20-7-2-8-21-44)53-28-14-15-29-55(53)63(56)46-24-11-4-12-25-46/h1-40H. The topological polar surface area (TPSA) is 19.6 Å². The highest BCUT2D eigenvalue weighted by molar-refractivity contribution is 6.07. The predicted molar refractivity (Wildman–Crippen MR) is 265 cm³/mol. The van der Waals surface area contributed by atoms with Gasteiger partial charge in [-0.3, -0.25) is 0 Å². The van der Waals surface area contributed by atoms with E-state index in [1.807, 2.05) is 12.1 Å². The monoisotopic (exact) mass is 816 g/mol. The molecule has 300 valence electrons. The number of para-hydroxylation sites is 4. The van der Waals surface area contributed by atoms with E-state index in [9.17, 15) is 0 Å². The Labute approximate surface area is 372 Å². The fourth-order valence-electron chi connectivity index (χ4n) is 10.8. The zero-order chi connectivity index (χ0) is 42.2. The lowest BCUT2D eigenvalue weighted by molar-refractivity contribution is 0.669. The van der Waals surface area contributed by atoms with E-state index in [0.29, 0.717) is 0 Å². The molecule has 0 radical (unpaired) electrons. The van der Waals surface area contributed by atoms with Crippen LogP contribution in [0.5, 0.6) is 0 Å². The molecule has 0 saturated carbocycles. The third-order valence-electron chi connectivity index (χ3n) is 13.4. The average molecular weight is 817 g/mol. The summed E-state index contributed by atoms with van der Waals surface area (Å²) in [7, 11) is 0. The molecule has 0 spiro atoms. The summed E-state index contributed by atoms with van der Waals surface area (Å²) >= 11 is 0. The Kier molecular flexibility index (Phi) is 8.13. The Balaban J connectivity index is 1.04. The van der Waals surface area contributed by atoms with Crippen LogP contribution in [0, 0.1) is 0 Å². The number of furan rings is 1. The fraction of sp³-hybridized carbons (Fsp3) is 0.0164. The maximum Gasteiger partial charge on any atom is 0.135 e. The maximum atomic E-state index is 6.24.